The molecule has 1 aromatic carbocycles. The second-order valence-electron chi connectivity index (χ2n) is 3.88. The first-order chi connectivity index (χ1) is 7.82. The lowest BCUT2D eigenvalue weighted by molar-refractivity contribution is -0.139. The normalized spacial score (nSPS) is 12.8. The fourth-order valence-electron chi connectivity index (χ4n) is 1.39. The maximum absolute atomic E-state index is 13.4. The molecule has 0 bridgehead atoms. The zero-order valence-electron chi connectivity index (χ0n) is 9.30. The van der Waals surface area contributed by atoms with Crippen LogP contribution in [-0.4, -0.2) is 17.1 Å². The van der Waals surface area contributed by atoms with Crippen LogP contribution in [0, 0.1) is 17.5 Å². The highest BCUT2D eigenvalue weighted by atomic mass is 19.2. The van der Waals surface area contributed by atoms with Crippen molar-refractivity contribution in [2.24, 2.45) is 0 Å². The van der Waals surface area contributed by atoms with E-state index in [2.05, 4.69) is 5.32 Å². The van der Waals surface area contributed by atoms with E-state index in [1.165, 1.54) is 0 Å². The maximum atomic E-state index is 13.4. The number of hydrogen-bond donors (Lipinski definition) is 2. The van der Waals surface area contributed by atoms with Gasteiger partial charge in [-0.05, 0) is 19.9 Å². The van der Waals surface area contributed by atoms with Crippen LogP contribution in [0.2, 0.25) is 0 Å². The molecular formula is C11H12F3NO2. The van der Waals surface area contributed by atoms with Gasteiger partial charge in [-0.2, -0.15) is 0 Å². The summed E-state index contributed by atoms with van der Waals surface area (Å²) in [6, 6.07) is -0.768. The van der Waals surface area contributed by atoms with Crippen LogP contribution >= 0.6 is 0 Å². The molecule has 0 aliphatic heterocycles. The molecule has 0 saturated heterocycles. The molecule has 0 amide bonds. The molecule has 0 radical (unpaired) electrons. The molecule has 1 rings (SSSR count). The largest absolute Gasteiger partial charge is 0.480 e. The maximum Gasteiger partial charge on any atom is 0.325 e. The third kappa shape index (κ3) is 3.20. The van der Waals surface area contributed by atoms with Crippen molar-refractivity contribution in [2.45, 2.75) is 25.9 Å². The van der Waals surface area contributed by atoms with E-state index < -0.39 is 35.0 Å². The number of carboxylic acids is 1. The van der Waals surface area contributed by atoms with Gasteiger partial charge in [0.15, 0.2) is 11.6 Å². The first kappa shape index (κ1) is 13.5. The number of benzene rings is 1. The Morgan fingerprint density at radius 2 is 1.71 bits per heavy atom. The Bertz CT molecular complexity index is 435. The number of carboxylic acid groups (broad SMARTS) is 1. The predicted molar refractivity (Wildman–Crippen MR) is 55.0 cm³/mol. The SMILES string of the molecule is CC(C)NC(C(=O)O)c1cc(F)c(F)cc1F. The molecule has 3 nitrogen and oxygen atoms in total. The summed E-state index contributed by atoms with van der Waals surface area (Å²) >= 11 is 0. The van der Waals surface area contributed by atoms with Crippen LogP contribution in [-0.2, 0) is 4.79 Å². The minimum atomic E-state index is -1.41. The molecule has 2 N–H and O–H groups in total. The van der Waals surface area contributed by atoms with E-state index in [0.29, 0.717) is 12.1 Å². The molecule has 1 atom stereocenters. The average Bonchev–Trinajstić information content (AvgIpc) is 2.20. The van der Waals surface area contributed by atoms with Gasteiger partial charge in [0.1, 0.15) is 11.9 Å². The monoisotopic (exact) mass is 247 g/mol. The number of rotatable bonds is 4. The third-order valence-corrected chi connectivity index (χ3v) is 2.10. The number of aliphatic carboxylic acids is 1. The average molecular weight is 247 g/mol. The molecule has 0 aromatic heterocycles. The van der Waals surface area contributed by atoms with Gasteiger partial charge >= 0.3 is 5.97 Å². The van der Waals surface area contributed by atoms with E-state index in [4.69, 9.17) is 5.11 Å². The molecule has 0 fully saturated rings. The number of halogens is 3. The van der Waals surface area contributed by atoms with E-state index >= 15 is 0 Å². The summed E-state index contributed by atoms with van der Waals surface area (Å²) < 4.78 is 39.0. The summed E-state index contributed by atoms with van der Waals surface area (Å²) in [4.78, 5) is 10.9. The number of hydrogen-bond acceptors (Lipinski definition) is 2. The van der Waals surface area contributed by atoms with Crippen LogP contribution in [0.4, 0.5) is 13.2 Å². The lowest BCUT2D eigenvalue weighted by Crippen LogP contribution is -2.34. The predicted octanol–water partition coefficient (Wildman–Crippen LogP) is 2.23. The lowest BCUT2D eigenvalue weighted by atomic mass is 10.1. The Morgan fingerprint density at radius 3 is 2.18 bits per heavy atom. The van der Waals surface area contributed by atoms with Crippen molar-refractivity contribution in [3.63, 3.8) is 0 Å². The van der Waals surface area contributed by atoms with E-state index in [-0.39, 0.29) is 6.04 Å². The molecule has 0 aliphatic rings. The van der Waals surface area contributed by atoms with Gasteiger partial charge in [-0.3, -0.25) is 10.1 Å². The molecule has 0 aliphatic carbocycles. The van der Waals surface area contributed by atoms with E-state index in [1.807, 2.05) is 0 Å². The molecule has 0 spiro atoms. The van der Waals surface area contributed by atoms with E-state index in [1.54, 1.807) is 13.8 Å². The summed E-state index contributed by atoms with van der Waals surface area (Å²) in [5.41, 5.74) is -0.426. The van der Waals surface area contributed by atoms with Crippen molar-refractivity contribution in [2.75, 3.05) is 0 Å². The Hall–Kier alpha value is -1.56. The molecule has 6 heteroatoms. The van der Waals surface area contributed by atoms with Gasteiger partial charge in [0.05, 0.1) is 0 Å². The molecule has 94 valence electrons. The van der Waals surface area contributed by atoms with Gasteiger partial charge in [0.25, 0.3) is 0 Å². The quantitative estimate of drug-likeness (QED) is 0.802. The zero-order valence-corrected chi connectivity index (χ0v) is 9.30. The van der Waals surface area contributed by atoms with Gasteiger partial charge < -0.3 is 5.11 Å². The number of carbonyl (C=O) groups is 1. The van der Waals surface area contributed by atoms with Crippen molar-refractivity contribution in [1.29, 1.82) is 0 Å². The lowest BCUT2D eigenvalue weighted by Gasteiger charge is -2.18. The van der Waals surface area contributed by atoms with E-state index in [9.17, 15) is 18.0 Å². The summed E-state index contributed by atoms with van der Waals surface area (Å²) in [6.45, 7) is 3.32. The Labute approximate surface area is 96.3 Å². The van der Waals surface area contributed by atoms with Gasteiger partial charge in [0.2, 0.25) is 0 Å². The topological polar surface area (TPSA) is 49.3 Å². The highest BCUT2D eigenvalue weighted by Crippen LogP contribution is 2.21. The van der Waals surface area contributed by atoms with Crippen molar-refractivity contribution < 1.29 is 23.1 Å². The van der Waals surface area contributed by atoms with Gasteiger partial charge in [-0.15, -0.1) is 0 Å². The Morgan fingerprint density at radius 1 is 1.18 bits per heavy atom. The molecule has 0 saturated carbocycles. The summed E-state index contributed by atoms with van der Waals surface area (Å²) in [5.74, 6) is -5.08. The standard InChI is InChI=1S/C11H12F3NO2/c1-5(2)15-10(11(16)17)6-3-8(13)9(14)4-7(6)12/h3-5,10,15H,1-2H3,(H,16,17). The smallest absolute Gasteiger partial charge is 0.325 e. The van der Waals surface area contributed by atoms with Crippen LogP contribution in [0.25, 0.3) is 0 Å². The summed E-state index contributed by atoms with van der Waals surface area (Å²) in [7, 11) is 0. The van der Waals surface area contributed by atoms with Crippen LogP contribution in [0.3, 0.4) is 0 Å². The zero-order chi connectivity index (χ0) is 13.2. The van der Waals surface area contributed by atoms with Crippen molar-refractivity contribution in [1.82, 2.24) is 5.32 Å². The van der Waals surface area contributed by atoms with Crippen LogP contribution in [0.1, 0.15) is 25.5 Å². The molecule has 0 heterocycles. The molecule has 1 unspecified atom stereocenters. The Balaban J connectivity index is 3.18. The van der Waals surface area contributed by atoms with E-state index in [0.717, 1.165) is 0 Å². The first-order valence-corrected chi connectivity index (χ1v) is 4.96. The second-order valence-corrected chi connectivity index (χ2v) is 3.88. The fourth-order valence-corrected chi connectivity index (χ4v) is 1.39. The third-order valence-electron chi connectivity index (χ3n) is 2.10. The molecule has 1 aromatic rings. The molecular weight excluding hydrogens is 235 g/mol. The minimum Gasteiger partial charge on any atom is -0.480 e. The van der Waals surface area contributed by atoms with Crippen LogP contribution < -0.4 is 5.32 Å². The van der Waals surface area contributed by atoms with Gasteiger partial charge in [-0.25, -0.2) is 13.2 Å². The highest BCUT2D eigenvalue weighted by molar-refractivity contribution is 5.75. The summed E-state index contributed by atoms with van der Waals surface area (Å²) in [5, 5.41) is 11.5. The summed E-state index contributed by atoms with van der Waals surface area (Å²) in [6.07, 6.45) is 0. The number of nitrogens with one attached hydrogen (secondary N) is 1. The van der Waals surface area contributed by atoms with Crippen LogP contribution in [0.5, 0.6) is 0 Å². The highest BCUT2D eigenvalue weighted by Gasteiger charge is 2.25. The first-order valence-electron chi connectivity index (χ1n) is 4.96. The second kappa shape index (κ2) is 5.18. The van der Waals surface area contributed by atoms with Crippen molar-refractivity contribution >= 4 is 5.97 Å². The fraction of sp³-hybridized carbons (Fsp3) is 0.364. The van der Waals surface area contributed by atoms with Gasteiger partial charge in [-0.1, -0.05) is 0 Å². The van der Waals surface area contributed by atoms with Crippen molar-refractivity contribution in [3.8, 4) is 0 Å². The minimum absolute atomic E-state index is 0.247. The van der Waals surface area contributed by atoms with Crippen LogP contribution in [0.15, 0.2) is 12.1 Å². The Kier molecular flexibility index (Phi) is 4.11. The molecule has 17 heavy (non-hydrogen) atoms. The van der Waals surface area contributed by atoms with Crippen molar-refractivity contribution in [3.05, 3.63) is 35.1 Å². The van der Waals surface area contributed by atoms with Gasteiger partial charge in [0, 0.05) is 17.7 Å².